The highest BCUT2D eigenvalue weighted by Crippen LogP contribution is 2.64. The fourth-order valence-electron chi connectivity index (χ4n) is 12.3. The molecule has 2 nitrogen and oxygen atoms in total. The average Bonchev–Trinajstić information content (AvgIpc) is 3.93. The van der Waals surface area contributed by atoms with E-state index in [1.807, 2.05) is 11.3 Å². The molecule has 4 aliphatic rings. The molecule has 0 bridgehead atoms. The molecule has 8 aromatic carbocycles. The lowest BCUT2D eigenvalue weighted by Crippen LogP contribution is -2.60. The van der Waals surface area contributed by atoms with Crippen LogP contribution in [0.1, 0.15) is 106 Å². The van der Waals surface area contributed by atoms with Gasteiger partial charge in [0.2, 0.25) is 0 Å². The van der Waals surface area contributed by atoms with E-state index in [1.165, 1.54) is 127 Å². The van der Waals surface area contributed by atoms with Crippen LogP contribution in [0.4, 0.5) is 34.1 Å². The van der Waals surface area contributed by atoms with Crippen molar-refractivity contribution in [3.05, 3.63) is 208 Å². The van der Waals surface area contributed by atoms with Crippen molar-refractivity contribution in [2.75, 3.05) is 9.80 Å². The highest BCUT2D eigenvalue weighted by atomic mass is 32.1. The molecular formula is C63H55BN2S. The summed E-state index contributed by atoms with van der Waals surface area (Å²) in [7, 11) is 0. The fraction of sp³-hybridized carbons (Fsp3) is 0.206. The first-order valence-electron chi connectivity index (χ1n) is 24.2. The topological polar surface area (TPSA) is 6.48 Å². The van der Waals surface area contributed by atoms with Crippen LogP contribution in [0.5, 0.6) is 0 Å². The van der Waals surface area contributed by atoms with Crippen LogP contribution >= 0.6 is 11.3 Å². The Morgan fingerprint density at radius 1 is 0.507 bits per heavy atom. The van der Waals surface area contributed by atoms with Crippen LogP contribution in [0.2, 0.25) is 0 Å². The Bertz CT molecular complexity index is 3500. The number of anilines is 6. The molecule has 0 atom stereocenters. The van der Waals surface area contributed by atoms with Crippen molar-refractivity contribution in [3.8, 4) is 22.3 Å². The molecule has 0 unspecified atom stereocenters. The molecule has 2 aliphatic heterocycles. The van der Waals surface area contributed by atoms with Crippen LogP contribution < -0.4 is 25.5 Å². The molecule has 0 saturated carbocycles. The maximum atomic E-state index is 2.65. The van der Waals surface area contributed by atoms with E-state index < -0.39 is 5.41 Å². The van der Waals surface area contributed by atoms with Crippen molar-refractivity contribution < 1.29 is 0 Å². The van der Waals surface area contributed by atoms with Crippen molar-refractivity contribution in [3.63, 3.8) is 0 Å². The maximum absolute atomic E-state index is 2.65. The summed E-state index contributed by atoms with van der Waals surface area (Å²) in [6.07, 6.45) is 0. The Kier molecular flexibility index (Phi) is 8.47. The molecule has 67 heavy (non-hydrogen) atoms. The lowest BCUT2D eigenvalue weighted by molar-refractivity contribution is 0.590. The monoisotopic (exact) mass is 882 g/mol. The highest BCUT2D eigenvalue weighted by molar-refractivity contribution is 7.33. The normalized spacial score (nSPS) is 14.8. The number of hydrogen-bond acceptors (Lipinski definition) is 3. The summed E-state index contributed by atoms with van der Waals surface area (Å²) in [4.78, 5) is 5.19. The zero-order chi connectivity index (χ0) is 45.9. The van der Waals surface area contributed by atoms with E-state index in [0.29, 0.717) is 5.92 Å². The summed E-state index contributed by atoms with van der Waals surface area (Å²) < 4.78 is 2.74. The highest BCUT2D eigenvalue weighted by Gasteiger charge is 2.53. The summed E-state index contributed by atoms with van der Waals surface area (Å²) in [5, 5.41) is 1.32. The molecule has 326 valence electrons. The minimum absolute atomic E-state index is 0.0359. The van der Waals surface area contributed by atoms with Crippen LogP contribution in [0.25, 0.3) is 32.3 Å². The second kappa shape index (κ2) is 14.0. The molecule has 0 saturated heterocycles. The van der Waals surface area contributed by atoms with Crippen LogP contribution in [0.15, 0.2) is 164 Å². The Labute approximate surface area is 400 Å². The van der Waals surface area contributed by atoms with Crippen LogP contribution in [0.3, 0.4) is 0 Å². The predicted molar refractivity (Wildman–Crippen MR) is 288 cm³/mol. The van der Waals surface area contributed by atoms with E-state index in [0.717, 1.165) is 0 Å². The molecule has 0 fully saturated rings. The smallest absolute Gasteiger partial charge is 0.264 e. The molecule has 0 N–H and O–H groups in total. The van der Waals surface area contributed by atoms with E-state index in [4.69, 9.17) is 0 Å². The van der Waals surface area contributed by atoms with Crippen molar-refractivity contribution >= 4 is 78.0 Å². The molecule has 2 aliphatic carbocycles. The second-order valence-electron chi connectivity index (χ2n) is 22.0. The largest absolute Gasteiger partial charge is 0.311 e. The first-order chi connectivity index (χ1) is 32.2. The third-order valence-corrected chi connectivity index (χ3v) is 16.8. The van der Waals surface area contributed by atoms with Gasteiger partial charge in [0.15, 0.2) is 0 Å². The minimum atomic E-state index is -0.443. The van der Waals surface area contributed by atoms with Gasteiger partial charge in [-0.3, -0.25) is 0 Å². The Morgan fingerprint density at radius 2 is 1.04 bits per heavy atom. The molecule has 1 spiro atoms. The van der Waals surface area contributed by atoms with Crippen LogP contribution in [0, 0.1) is 6.92 Å². The van der Waals surface area contributed by atoms with Crippen molar-refractivity contribution in [2.45, 2.75) is 84.5 Å². The first kappa shape index (κ1) is 40.6. The Balaban J connectivity index is 1.13. The maximum Gasteiger partial charge on any atom is 0.264 e. The van der Waals surface area contributed by atoms with Crippen molar-refractivity contribution in [1.82, 2.24) is 0 Å². The molecule has 1 aromatic heterocycles. The molecule has 9 aromatic rings. The summed E-state index contributed by atoms with van der Waals surface area (Å²) in [5.41, 5.74) is 26.1. The van der Waals surface area contributed by atoms with Gasteiger partial charge in [0.25, 0.3) is 6.71 Å². The third-order valence-electron chi connectivity index (χ3n) is 15.6. The Morgan fingerprint density at radius 3 is 1.66 bits per heavy atom. The SMILES string of the molecule is Cc1cc2c3c(c1)N(c1ccc(C(C)(C)C)cc1)c1c(sc4cc5c(cc14)C1(c4ccccc4-c4ccccc41)c1cc(C(C)C)ccc1-5)B3c1ccccc1N2c1ccc(C(C)(C)C)cc1. The van der Waals surface area contributed by atoms with Gasteiger partial charge < -0.3 is 9.80 Å². The number of fused-ring (bicyclic) bond motifs is 16. The lowest BCUT2D eigenvalue weighted by atomic mass is 9.36. The van der Waals surface area contributed by atoms with Crippen molar-refractivity contribution in [1.29, 1.82) is 0 Å². The standard InChI is InChI=1S/C63H55BN2S/c1-37(2)39-22-31-46-47-36-57-48(35-52(47)63(51(46)34-39)49-18-12-10-16-44(49)45-17-11-13-19-50(45)63)59-60(67-57)64-53-20-14-15-21-54(53)65(42-27-23-40(24-28-42)61(4,5)6)55-32-38(3)33-56(58(55)64)66(59)43-29-25-41(26-30-43)62(7,8)9/h10-37H,1-9H3. The second-order valence-corrected chi connectivity index (χ2v) is 23.1. The number of aryl methyl sites for hydroxylation is 1. The molecular weight excluding hydrogens is 828 g/mol. The van der Waals surface area contributed by atoms with Gasteiger partial charge in [-0.25, -0.2) is 0 Å². The summed E-state index contributed by atoms with van der Waals surface area (Å²) >= 11 is 2.00. The quantitative estimate of drug-likeness (QED) is 0.163. The van der Waals surface area contributed by atoms with Gasteiger partial charge in [-0.05, 0) is 156 Å². The summed E-state index contributed by atoms with van der Waals surface area (Å²) in [5.74, 6) is 0.414. The Hall–Kier alpha value is -6.62. The third kappa shape index (κ3) is 5.57. The zero-order valence-electron chi connectivity index (χ0n) is 40.0. The summed E-state index contributed by atoms with van der Waals surface area (Å²) in [6.45, 7) is 20.8. The van der Waals surface area contributed by atoms with Crippen molar-refractivity contribution in [2.24, 2.45) is 0 Å². The number of para-hydroxylation sites is 1. The van der Waals surface area contributed by atoms with Gasteiger partial charge >= 0.3 is 0 Å². The van der Waals surface area contributed by atoms with E-state index in [9.17, 15) is 0 Å². The van der Waals surface area contributed by atoms with Gasteiger partial charge in [-0.2, -0.15) is 0 Å². The number of thiophene rings is 1. The van der Waals surface area contributed by atoms with Crippen LogP contribution in [-0.4, -0.2) is 6.71 Å². The zero-order valence-corrected chi connectivity index (χ0v) is 40.9. The summed E-state index contributed by atoms with van der Waals surface area (Å²) in [6, 6.07) is 64.0. The van der Waals surface area contributed by atoms with E-state index in [-0.39, 0.29) is 17.5 Å². The first-order valence-corrected chi connectivity index (χ1v) is 25.0. The van der Waals surface area contributed by atoms with E-state index >= 15 is 0 Å². The number of hydrogen-bond donors (Lipinski definition) is 0. The lowest BCUT2D eigenvalue weighted by Gasteiger charge is -2.43. The van der Waals surface area contributed by atoms with Gasteiger partial charge in [0.05, 0.1) is 11.1 Å². The van der Waals surface area contributed by atoms with Crippen LogP contribution in [-0.2, 0) is 16.2 Å². The molecule has 0 amide bonds. The number of nitrogens with zero attached hydrogens (tertiary/aromatic N) is 2. The van der Waals surface area contributed by atoms with Gasteiger partial charge in [-0.1, -0.05) is 165 Å². The number of benzene rings is 8. The molecule has 4 heteroatoms. The average molecular weight is 883 g/mol. The molecule has 3 heterocycles. The van der Waals surface area contributed by atoms with Gasteiger partial charge in [0.1, 0.15) is 0 Å². The van der Waals surface area contributed by atoms with E-state index in [2.05, 4.69) is 236 Å². The van der Waals surface area contributed by atoms with E-state index in [1.54, 1.807) is 0 Å². The van der Waals surface area contributed by atoms with Gasteiger partial charge in [-0.15, -0.1) is 11.3 Å². The van der Waals surface area contributed by atoms with Gasteiger partial charge in [0, 0.05) is 43.3 Å². The molecule has 13 rings (SSSR count). The molecule has 0 radical (unpaired) electrons. The number of rotatable bonds is 3. The predicted octanol–water partition coefficient (Wildman–Crippen LogP) is 15.4. The minimum Gasteiger partial charge on any atom is -0.311 e. The fourth-order valence-corrected chi connectivity index (χ4v) is 13.7.